The zero-order valence-electron chi connectivity index (χ0n) is 22.6. The maximum absolute atomic E-state index is 13.5. The summed E-state index contributed by atoms with van der Waals surface area (Å²) < 4.78 is 6.22. The summed E-state index contributed by atoms with van der Waals surface area (Å²) >= 11 is 1.33. The lowest BCUT2D eigenvalue weighted by Crippen LogP contribution is -2.41. The van der Waals surface area contributed by atoms with Crippen molar-refractivity contribution in [3.8, 4) is 11.1 Å². The first-order valence-electron chi connectivity index (χ1n) is 13.2. The van der Waals surface area contributed by atoms with E-state index < -0.39 is 11.6 Å². The first-order valence-corrected chi connectivity index (χ1v) is 14.1. The second-order valence-electron chi connectivity index (χ2n) is 11.0. The molecule has 0 amide bonds. The minimum Gasteiger partial charge on any atom is -0.511 e. The van der Waals surface area contributed by atoms with Crippen LogP contribution in [0.4, 0.5) is 0 Å². The smallest absolute Gasteiger partial charge is 0.349 e. The van der Waals surface area contributed by atoms with E-state index in [1.165, 1.54) is 22.9 Å². The van der Waals surface area contributed by atoms with Crippen molar-refractivity contribution < 1.29 is 14.6 Å². The summed E-state index contributed by atoms with van der Waals surface area (Å²) in [5.41, 5.74) is 5.09. The summed E-state index contributed by atoms with van der Waals surface area (Å²) in [7, 11) is 0. The Morgan fingerprint density at radius 3 is 2.32 bits per heavy atom. The molecule has 1 aliphatic heterocycles. The van der Waals surface area contributed by atoms with E-state index in [-0.39, 0.29) is 5.76 Å². The molecule has 3 nitrogen and oxygen atoms in total. The van der Waals surface area contributed by atoms with Crippen molar-refractivity contribution in [3.05, 3.63) is 100 Å². The van der Waals surface area contributed by atoms with Crippen LogP contribution in [0.2, 0.25) is 0 Å². The van der Waals surface area contributed by atoms with E-state index >= 15 is 0 Å². The normalized spacial score (nSPS) is 18.0. The fraction of sp³-hybridized carbons (Fsp3) is 0.364. The largest absolute Gasteiger partial charge is 0.511 e. The van der Waals surface area contributed by atoms with Crippen LogP contribution in [0, 0.1) is 12.8 Å². The summed E-state index contributed by atoms with van der Waals surface area (Å²) in [5, 5.41) is 11.3. The number of cyclic esters (lactones) is 1. The maximum atomic E-state index is 13.5. The molecule has 194 valence electrons. The van der Waals surface area contributed by atoms with Gasteiger partial charge in [-0.15, -0.1) is 0 Å². The number of carbonyl (C=O) groups is 1. The van der Waals surface area contributed by atoms with Crippen molar-refractivity contribution in [1.82, 2.24) is 0 Å². The van der Waals surface area contributed by atoms with Gasteiger partial charge in [-0.25, -0.2) is 4.79 Å². The maximum Gasteiger partial charge on any atom is 0.349 e. The van der Waals surface area contributed by atoms with E-state index in [2.05, 4.69) is 76.2 Å². The molecular weight excluding hydrogens is 476 g/mol. The number of rotatable bonds is 9. The van der Waals surface area contributed by atoms with Crippen LogP contribution in [-0.2, 0) is 16.0 Å². The predicted octanol–water partition coefficient (Wildman–Crippen LogP) is 9.01. The van der Waals surface area contributed by atoms with Crippen molar-refractivity contribution in [2.45, 2.75) is 76.7 Å². The lowest BCUT2D eigenvalue weighted by Gasteiger charge is -2.38. The Labute approximate surface area is 226 Å². The van der Waals surface area contributed by atoms with E-state index in [1.807, 2.05) is 31.2 Å². The fourth-order valence-electron chi connectivity index (χ4n) is 5.29. The third kappa shape index (κ3) is 6.48. The molecule has 3 aromatic rings. The second kappa shape index (κ2) is 11.6. The van der Waals surface area contributed by atoms with Crippen LogP contribution in [0.15, 0.2) is 88.4 Å². The Balaban J connectivity index is 1.66. The van der Waals surface area contributed by atoms with Crippen LogP contribution in [0.5, 0.6) is 0 Å². The number of aliphatic hydroxyl groups is 1. The van der Waals surface area contributed by atoms with Crippen LogP contribution in [-0.4, -0.2) is 16.7 Å². The SMILES string of the molecule is Cc1ccc(-c2ccccc2C(C)C)c(SC2=C(O)CC(CCc3ccccc3)(CC(C)C)OC2=O)c1. The molecule has 1 aliphatic rings. The molecule has 0 aromatic heterocycles. The lowest BCUT2D eigenvalue weighted by molar-refractivity contribution is -0.160. The van der Waals surface area contributed by atoms with Crippen LogP contribution in [0.3, 0.4) is 0 Å². The Morgan fingerprint density at radius 2 is 1.65 bits per heavy atom. The number of benzene rings is 3. The molecule has 1 unspecified atom stereocenters. The topological polar surface area (TPSA) is 46.5 Å². The van der Waals surface area contributed by atoms with Crippen molar-refractivity contribution in [2.24, 2.45) is 5.92 Å². The Hall–Kier alpha value is -2.98. The van der Waals surface area contributed by atoms with Gasteiger partial charge in [0.05, 0.1) is 0 Å². The highest BCUT2D eigenvalue weighted by Gasteiger charge is 2.42. The molecule has 0 saturated heterocycles. The van der Waals surface area contributed by atoms with E-state index in [1.54, 1.807) is 0 Å². The number of aryl methyl sites for hydroxylation is 2. The van der Waals surface area contributed by atoms with E-state index in [0.29, 0.717) is 36.0 Å². The van der Waals surface area contributed by atoms with Crippen LogP contribution < -0.4 is 0 Å². The summed E-state index contributed by atoms with van der Waals surface area (Å²) in [5.74, 6) is 0.414. The molecule has 0 bridgehead atoms. The summed E-state index contributed by atoms with van der Waals surface area (Å²) in [4.78, 5) is 14.7. The highest BCUT2D eigenvalue weighted by atomic mass is 32.2. The summed E-state index contributed by atoms with van der Waals surface area (Å²) in [6, 6.07) is 25.0. The molecule has 0 saturated carbocycles. The third-order valence-corrected chi connectivity index (χ3v) is 8.12. The van der Waals surface area contributed by atoms with Gasteiger partial charge in [-0.2, -0.15) is 0 Å². The van der Waals surface area contributed by atoms with Gasteiger partial charge in [-0.05, 0) is 71.9 Å². The highest BCUT2D eigenvalue weighted by molar-refractivity contribution is 8.04. The Kier molecular flexibility index (Phi) is 8.49. The van der Waals surface area contributed by atoms with E-state index in [0.717, 1.165) is 28.0 Å². The minimum absolute atomic E-state index is 0.138. The zero-order chi connectivity index (χ0) is 26.6. The van der Waals surface area contributed by atoms with E-state index in [9.17, 15) is 9.90 Å². The number of ether oxygens (including phenoxy) is 1. The summed E-state index contributed by atoms with van der Waals surface area (Å²) in [6.45, 7) is 10.7. The van der Waals surface area contributed by atoms with Gasteiger partial charge in [-0.1, -0.05) is 106 Å². The molecule has 3 aromatic carbocycles. The average Bonchev–Trinajstić information content (AvgIpc) is 2.85. The van der Waals surface area contributed by atoms with Gasteiger partial charge in [0.15, 0.2) is 0 Å². The van der Waals surface area contributed by atoms with Crippen molar-refractivity contribution in [2.75, 3.05) is 0 Å². The van der Waals surface area contributed by atoms with Gasteiger partial charge in [0.25, 0.3) is 0 Å². The number of thioether (sulfide) groups is 1. The molecule has 4 heteroatoms. The predicted molar refractivity (Wildman–Crippen MR) is 154 cm³/mol. The molecule has 0 radical (unpaired) electrons. The molecule has 0 aliphatic carbocycles. The first kappa shape index (κ1) is 27.1. The lowest BCUT2D eigenvalue weighted by atomic mass is 9.82. The molecule has 1 N–H and O–H groups in total. The monoisotopic (exact) mass is 514 g/mol. The molecule has 0 spiro atoms. The van der Waals surface area contributed by atoms with E-state index in [4.69, 9.17) is 4.74 Å². The standard InChI is InChI=1S/C33H38O3S/c1-22(2)20-33(18-17-25-11-7-6-8-12-25)21-29(34)31(32(35)36-33)37-30-19-24(5)15-16-28(30)27-14-10-9-13-26(27)23(3)4/h6-16,19,22-23,34H,17-18,20-21H2,1-5H3. The third-order valence-electron chi connectivity index (χ3n) is 6.96. The number of carbonyl (C=O) groups excluding carboxylic acids is 1. The molecule has 1 heterocycles. The Bertz CT molecular complexity index is 1280. The van der Waals surface area contributed by atoms with Crippen LogP contribution in [0.1, 0.15) is 69.6 Å². The average molecular weight is 515 g/mol. The van der Waals surface area contributed by atoms with Gasteiger partial charge >= 0.3 is 5.97 Å². The zero-order valence-corrected chi connectivity index (χ0v) is 23.4. The quantitative estimate of drug-likeness (QED) is 0.289. The minimum atomic E-state index is -0.699. The molecule has 0 fully saturated rings. The van der Waals surface area contributed by atoms with Crippen LogP contribution in [0.25, 0.3) is 11.1 Å². The molecular formula is C33H38O3S. The number of esters is 1. The van der Waals surface area contributed by atoms with Crippen LogP contribution >= 0.6 is 11.8 Å². The summed E-state index contributed by atoms with van der Waals surface area (Å²) in [6.07, 6.45) is 2.53. The van der Waals surface area contributed by atoms with Gasteiger partial charge < -0.3 is 9.84 Å². The number of aliphatic hydroxyl groups excluding tert-OH is 1. The van der Waals surface area contributed by atoms with Gasteiger partial charge in [0.1, 0.15) is 16.3 Å². The van der Waals surface area contributed by atoms with Gasteiger partial charge in [0.2, 0.25) is 0 Å². The molecule has 37 heavy (non-hydrogen) atoms. The molecule has 1 atom stereocenters. The second-order valence-corrected chi connectivity index (χ2v) is 12.0. The highest BCUT2D eigenvalue weighted by Crippen LogP contribution is 2.45. The number of hydrogen-bond acceptors (Lipinski definition) is 4. The van der Waals surface area contributed by atoms with Gasteiger partial charge in [-0.3, -0.25) is 0 Å². The molecule has 4 rings (SSSR count). The fourth-order valence-corrected chi connectivity index (χ4v) is 6.36. The Morgan fingerprint density at radius 1 is 0.946 bits per heavy atom. The number of hydrogen-bond donors (Lipinski definition) is 1. The van der Waals surface area contributed by atoms with Crippen molar-refractivity contribution in [1.29, 1.82) is 0 Å². The van der Waals surface area contributed by atoms with Crippen molar-refractivity contribution >= 4 is 17.7 Å². The van der Waals surface area contributed by atoms with Gasteiger partial charge in [0, 0.05) is 11.3 Å². The van der Waals surface area contributed by atoms with Crippen molar-refractivity contribution in [3.63, 3.8) is 0 Å². The first-order chi connectivity index (χ1) is 17.7.